The number of nitrogens with zero attached hydrogens (tertiary/aromatic N) is 4. The van der Waals surface area contributed by atoms with Gasteiger partial charge >= 0.3 is 0 Å². The van der Waals surface area contributed by atoms with Crippen LogP contribution in [0.4, 0.5) is 5.82 Å². The standard InChI is InChI=1S/C18H27N5O2/c1-21-10-4-5-15(21)18(25)20-9-7-17(24)23-13-11-22(12-14-23)16-6-2-3-8-19-16/h2-3,6,8,15H,4-5,7,9-14H2,1H3,(H,20,25). The van der Waals surface area contributed by atoms with Gasteiger partial charge in [0.2, 0.25) is 11.8 Å². The molecule has 3 heterocycles. The second-order valence-corrected chi connectivity index (χ2v) is 6.74. The first-order valence-corrected chi connectivity index (χ1v) is 9.07. The lowest BCUT2D eigenvalue weighted by Gasteiger charge is -2.35. The Balaban J connectivity index is 1.37. The summed E-state index contributed by atoms with van der Waals surface area (Å²) in [7, 11) is 1.98. The van der Waals surface area contributed by atoms with Gasteiger partial charge in [0.1, 0.15) is 5.82 Å². The fraction of sp³-hybridized carbons (Fsp3) is 0.611. The molecule has 1 aromatic rings. The molecule has 25 heavy (non-hydrogen) atoms. The van der Waals surface area contributed by atoms with Crippen LogP contribution in [-0.2, 0) is 9.59 Å². The van der Waals surface area contributed by atoms with Crippen LogP contribution >= 0.6 is 0 Å². The maximum atomic E-state index is 12.3. The third-order valence-electron chi connectivity index (χ3n) is 5.07. The van der Waals surface area contributed by atoms with Crippen LogP contribution in [0.1, 0.15) is 19.3 Å². The number of carbonyl (C=O) groups excluding carboxylic acids is 2. The van der Waals surface area contributed by atoms with Crippen molar-refractivity contribution in [2.75, 3.05) is 51.2 Å². The van der Waals surface area contributed by atoms with Crippen LogP contribution in [0.15, 0.2) is 24.4 Å². The van der Waals surface area contributed by atoms with Crippen molar-refractivity contribution < 1.29 is 9.59 Å². The number of aromatic nitrogens is 1. The van der Waals surface area contributed by atoms with E-state index in [1.165, 1.54) is 0 Å². The zero-order valence-electron chi connectivity index (χ0n) is 14.9. The molecule has 2 aliphatic heterocycles. The molecule has 1 N–H and O–H groups in total. The van der Waals surface area contributed by atoms with E-state index in [1.807, 2.05) is 30.1 Å². The summed E-state index contributed by atoms with van der Waals surface area (Å²) < 4.78 is 0. The number of nitrogens with one attached hydrogen (secondary N) is 1. The number of likely N-dealkylation sites (N-methyl/N-ethyl adjacent to an activating group) is 1. The average molecular weight is 345 g/mol. The first-order valence-electron chi connectivity index (χ1n) is 9.07. The Labute approximate surface area is 149 Å². The third kappa shape index (κ3) is 4.48. The molecule has 2 amide bonds. The number of amides is 2. The predicted octanol–water partition coefficient (Wildman–Crippen LogP) is 0.331. The Morgan fingerprint density at radius 2 is 2.00 bits per heavy atom. The van der Waals surface area contributed by atoms with Crippen molar-refractivity contribution >= 4 is 17.6 Å². The van der Waals surface area contributed by atoms with Crippen molar-refractivity contribution in [2.45, 2.75) is 25.3 Å². The lowest BCUT2D eigenvalue weighted by molar-refractivity contribution is -0.131. The van der Waals surface area contributed by atoms with Gasteiger partial charge in [-0.2, -0.15) is 0 Å². The lowest BCUT2D eigenvalue weighted by Crippen LogP contribution is -2.49. The molecule has 0 saturated carbocycles. The lowest BCUT2D eigenvalue weighted by atomic mass is 10.2. The predicted molar refractivity (Wildman–Crippen MR) is 96.3 cm³/mol. The zero-order chi connectivity index (χ0) is 17.6. The number of pyridine rings is 1. The van der Waals surface area contributed by atoms with E-state index in [0.717, 1.165) is 38.3 Å². The molecule has 2 aliphatic rings. The fourth-order valence-corrected chi connectivity index (χ4v) is 3.54. The number of anilines is 1. The van der Waals surface area contributed by atoms with Crippen LogP contribution in [0.3, 0.4) is 0 Å². The molecular formula is C18H27N5O2. The number of likely N-dealkylation sites (tertiary alicyclic amines) is 1. The van der Waals surface area contributed by atoms with E-state index >= 15 is 0 Å². The minimum atomic E-state index is -0.0305. The van der Waals surface area contributed by atoms with Gasteiger partial charge in [0.15, 0.2) is 0 Å². The van der Waals surface area contributed by atoms with Gasteiger partial charge in [-0.25, -0.2) is 4.98 Å². The average Bonchev–Trinajstić information content (AvgIpc) is 3.08. The molecule has 0 aromatic carbocycles. The zero-order valence-corrected chi connectivity index (χ0v) is 14.9. The van der Waals surface area contributed by atoms with Crippen LogP contribution in [0.5, 0.6) is 0 Å². The van der Waals surface area contributed by atoms with Crippen molar-refractivity contribution in [3.63, 3.8) is 0 Å². The second kappa shape index (κ2) is 8.29. The van der Waals surface area contributed by atoms with Crippen LogP contribution < -0.4 is 10.2 Å². The number of hydrogen-bond donors (Lipinski definition) is 1. The number of rotatable bonds is 5. The topological polar surface area (TPSA) is 68.8 Å². The molecule has 0 spiro atoms. The van der Waals surface area contributed by atoms with Gasteiger partial charge in [0.05, 0.1) is 6.04 Å². The maximum Gasteiger partial charge on any atom is 0.237 e. The SMILES string of the molecule is CN1CCCC1C(=O)NCCC(=O)N1CCN(c2ccccn2)CC1. The highest BCUT2D eigenvalue weighted by Gasteiger charge is 2.27. The quantitative estimate of drug-likeness (QED) is 0.833. The molecule has 0 aliphatic carbocycles. The summed E-state index contributed by atoms with van der Waals surface area (Å²) >= 11 is 0. The van der Waals surface area contributed by atoms with Gasteiger partial charge in [-0.3, -0.25) is 14.5 Å². The fourth-order valence-electron chi connectivity index (χ4n) is 3.54. The molecule has 0 radical (unpaired) electrons. The van der Waals surface area contributed by atoms with Gasteiger partial charge in [-0.15, -0.1) is 0 Å². The van der Waals surface area contributed by atoms with E-state index < -0.39 is 0 Å². The van der Waals surface area contributed by atoms with Crippen LogP contribution in [-0.4, -0.2) is 79.0 Å². The molecule has 2 fully saturated rings. The van der Waals surface area contributed by atoms with Crippen molar-refractivity contribution in [2.24, 2.45) is 0 Å². The molecule has 0 bridgehead atoms. The summed E-state index contributed by atoms with van der Waals surface area (Å²) in [6.07, 6.45) is 4.13. The molecule has 3 rings (SSSR count). The molecule has 136 valence electrons. The minimum absolute atomic E-state index is 0.0305. The summed E-state index contributed by atoms with van der Waals surface area (Å²) in [6.45, 7) is 4.38. The van der Waals surface area contributed by atoms with Crippen LogP contribution in [0.2, 0.25) is 0 Å². The molecule has 1 unspecified atom stereocenters. The minimum Gasteiger partial charge on any atom is -0.354 e. The van der Waals surface area contributed by atoms with Crippen molar-refractivity contribution in [1.82, 2.24) is 20.1 Å². The van der Waals surface area contributed by atoms with E-state index in [2.05, 4.69) is 20.1 Å². The van der Waals surface area contributed by atoms with E-state index in [-0.39, 0.29) is 17.9 Å². The Bertz CT molecular complexity index is 586. The molecule has 1 atom stereocenters. The van der Waals surface area contributed by atoms with Crippen LogP contribution in [0, 0.1) is 0 Å². The summed E-state index contributed by atoms with van der Waals surface area (Å²) in [5, 5.41) is 2.91. The first-order chi connectivity index (χ1) is 12.1. The highest BCUT2D eigenvalue weighted by Crippen LogP contribution is 2.15. The van der Waals surface area contributed by atoms with Crippen LogP contribution in [0.25, 0.3) is 0 Å². The number of hydrogen-bond acceptors (Lipinski definition) is 5. The largest absolute Gasteiger partial charge is 0.354 e. The molecular weight excluding hydrogens is 318 g/mol. The highest BCUT2D eigenvalue weighted by molar-refractivity contribution is 5.83. The maximum absolute atomic E-state index is 12.3. The van der Waals surface area contributed by atoms with Gasteiger partial charge in [-0.05, 0) is 38.6 Å². The summed E-state index contributed by atoms with van der Waals surface area (Å²) in [6, 6.07) is 5.84. The van der Waals surface area contributed by atoms with E-state index in [1.54, 1.807) is 6.20 Å². The Morgan fingerprint density at radius 3 is 2.64 bits per heavy atom. The van der Waals surface area contributed by atoms with E-state index in [4.69, 9.17) is 0 Å². The van der Waals surface area contributed by atoms with Crippen molar-refractivity contribution in [3.05, 3.63) is 24.4 Å². The monoisotopic (exact) mass is 345 g/mol. The summed E-state index contributed by atoms with van der Waals surface area (Å²) in [5.74, 6) is 1.12. The molecule has 7 heteroatoms. The smallest absolute Gasteiger partial charge is 0.237 e. The third-order valence-corrected chi connectivity index (χ3v) is 5.07. The summed E-state index contributed by atoms with van der Waals surface area (Å²) in [4.78, 5) is 35.0. The normalized spacial score (nSPS) is 21.4. The van der Waals surface area contributed by atoms with E-state index in [9.17, 15) is 9.59 Å². The van der Waals surface area contributed by atoms with E-state index in [0.29, 0.717) is 26.1 Å². The van der Waals surface area contributed by atoms with Crippen molar-refractivity contribution in [3.8, 4) is 0 Å². The number of carbonyl (C=O) groups is 2. The van der Waals surface area contributed by atoms with Gasteiger partial charge in [-0.1, -0.05) is 6.07 Å². The van der Waals surface area contributed by atoms with Crippen molar-refractivity contribution in [1.29, 1.82) is 0 Å². The highest BCUT2D eigenvalue weighted by atomic mass is 16.2. The Morgan fingerprint density at radius 1 is 1.20 bits per heavy atom. The first kappa shape index (κ1) is 17.7. The molecule has 2 saturated heterocycles. The van der Waals surface area contributed by atoms with Gasteiger partial charge in [0, 0.05) is 45.3 Å². The van der Waals surface area contributed by atoms with Gasteiger partial charge < -0.3 is 15.1 Å². The molecule has 7 nitrogen and oxygen atoms in total. The Kier molecular flexibility index (Phi) is 5.86. The Hall–Kier alpha value is -2.15. The summed E-state index contributed by atoms with van der Waals surface area (Å²) in [5.41, 5.74) is 0. The number of piperazine rings is 1. The van der Waals surface area contributed by atoms with Gasteiger partial charge in [0.25, 0.3) is 0 Å². The molecule has 1 aromatic heterocycles. The second-order valence-electron chi connectivity index (χ2n) is 6.74.